The first kappa shape index (κ1) is 22.9. The van der Waals surface area contributed by atoms with Crippen molar-refractivity contribution in [2.45, 2.75) is 63.5 Å². The molecule has 0 aromatic carbocycles. The first-order chi connectivity index (χ1) is 11.6. The Balaban J connectivity index is 0.00000312. The second kappa shape index (κ2) is 12.3. The third-order valence-corrected chi connectivity index (χ3v) is 6.31. The smallest absolute Gasteiger partial charge is 0.222 e. The van der Waals surface area contributed by atoms with E-state index in [4.69, 9.17) is 4.99 Å². The fraction of sp³-hybridized carbons (Fsp3) is 0.889. The molecule has 1 unspecified atom stereocenters. The Morgan fingerprint density at radius 1 is 1.28 bits per heavy atom. The Kier molecular flexibility index (Phi) is 11.2. The van der Waals surface area contributed by atoms with E-state index in [2.05, 4.69) is 24.5 Å². The number of thioether (sulfide) groups is 1. The average Bonchev–Trinajstić information content (AvgIpc) is 2.90. The van der Waals surface area contributed by atoms with E-state index in [1.54, 1.807) is 0 Å². The third kappa shape index (κ3) is 8.37. The maximum Gasteiger partial charge on any atom is 0.222 e. The number of nitrogens with one attached hydrogen (secondary N) is 2. The number of hydrogen-bond donors (Lipinski definition) is 2. The maximum absolute atomic E-state index is 12.0. The van der Waals surface area contributed by atoms with Crippen LogP contribution in [0.4, 0.5) is 0 Å². The molecule has 5 nitrogen and oxygen atoms in total. The minimum atomic E-state index is 0. The quantitative estimate of drug-likeness (QED) is 0.253. The van der Waals surface area contributed by atoms with Crippen molar-refractivity contribution < 1.29 is 4.79 Å². The van der Waals surface area contributed by atoms with Gasteiger partial charge in [-0.15, -0.1) is 24.0 Å². The molecular formula is C18H35IN4OS. The number of hydrogen-bond acceptors (Lipinski definition) is 3. The van der Waals surface area contributed by atoms with Gasteiger partial charge in [0.05, 0.1) is 6.54 Å². The van der Waals surface area contributed by atoms with Crippen molar-refractivity contribution in [3.63, 3.8) is 0 Å². The summed E-state index contributed by atoms with van der Waals surface area (Å²) in [6.07, 6.45) is 7.67. The first-order valence-electron chi connectivity index (χ1n) is 9.57. The van der Waals surface area contributed by atoms with Gasteiger partial charge < -0.3 is 15.5 Å². The number of carbonyl (C=O) groups excluding carboxylic acids is 1. The van der Waals surface area contributed by atoms with E-state index in [0.29, 0.717) is 10.7 Å². The molecule has 1 atom stereocenters. The van der Waals surface area contributed by atoms with Crippen LogP contribution in [0.25, 0.3) is 0 Å². The summed E-state index contributed by atoms with van der Waals surface area (Å²) in [6, 6.07) is 0. The lowest BCUT2D eigenvalue weighted by atomic mass is 10.1. The molecule has 7 heteroatoms. The van der Waals surface area contributed by atoms with E-state index in [0.717, 1.165) is 64.4 Å². The number of amides is 1. The Morgan fingerprint density at radius 2 is 2.12 bits per heavy atom. The van der Waals surface area contributed by atoms with E-state index < -0.39 is 0 Å². The Hall–Kier alpha value is -0.180. The van der Waals surface area contributed by atoms with Gasteiger partial charge in [-0.05, 0) is 51.7 Å². The highest BCUT2D eigenvalue weighted by molar-refractivity contribution is 14.0. The van der Waals surface area contributed by atoms with Crippen molar-refractivity contribution in [2.75, 3.05) is 38.5 Å². The number of aliphatic imine (C=N–C) groups is 1. The van der Waals surface area contributed by atoms with Gasteiger partial charge in [0.1, 0.15) is 0 Å². The summed E-state index contributed by atoms with van der Waals surface area (Å²) in [4.78, 5) is 18.8. The Labute approximate surface area is 174 Å². The average molecular weight is 482 g/mol. The highest BCUT2D eigenvalue weighted by Crippen LogP contribution is 2.37. The van der Waals surface area contributed by atoms with E-state index in [9.17, 15) is 4.79 Å². The molecule has 146 valence electrons. The molecule has 0 aromatic rings. The second-order valence-corrected chi connectivity index (χ2v) is 8.75. The summed E-state index contributed by atoms with van der Waals surface area (Å²) in [5, 5.41) is 6.75. The van der Waals surface area contributed by atoms with Gasteiger partial charge in [-0.1, -0.05) is 6.42 Å². The van der Waals surface area contributed by atoms with Gasteiger partial charge in [0, 0.05) is 37.3 Å². The maximum atomic E-state index is 12.0. The van der Waals surface area contributed by atoms with Crippen LogP contribution < -0.4 is 10.6 Å². The lowest BCUT2D eigenvalue weighted by molar-refractivity contribution is -0.130. The zero-order valence-corrected chi connectivity index (χ0v) is 19.0. The molecule has 0 spiro atoms. The lowest BCUT2D eigenvalue weighted by Crippen LogP contribution is -2.40. The summed E-state index contributed by atoms with van der Waals surface area (Å²) in [5.74, 6) is 2.51. The summed E-state index contributed by atoms with van der Waals surface area (Å²) in [7, 11) is 0. The topological polar surface area (TPSA) is 56.7 Å². The number of likely N-dealkylation sites (tertiary alicyclic amines) is 1. The normalized spacial score (nSPS) is 24.6. The minimum Gasteiger partial charge on any atom is -0.357 e. The van der Waals surface area contributed by atoms with Crippen molar-refractivity contribution in [1.82, 2.24) is 15.5 Å². The number of halogens is 1. The van der Waals surface area contributed by atoms with E-state index in [1.165, 1.54) is 25.0 Å². The molecule has 0 radical (unpaired) electrons. The molecular weight excluding hydrogens is 447 g/mol. The van der Waals surface area contributed by atoms with Crippen LogP contribution in [-0.4, -0.2) is 60.0 Å². The summed E-state index contributed by atoms with van der Waals surface area (Å²) in [6.45, 7) is 8.82. The van der Waals surface area contributed by atoms with Crippen LogP contribution in [0.3, 0.4) is 0 Å². The van der Waals surface area contributed by atoms with Gasteiger partial charge in [-0.3, -0.25) is 9.79 Å². The molecule has 0 bridgehead atoms. The van der Waals surface area contributed by atoms with E-state index >= 15 is 0 Å². The standard InChI is InChI=1S/C18H34N4OS.HI/c1-3-19-17(21-15-18(2)10-7-14-24-18)20-11-8-13-22-12-6-4-5-9-16(22)23;/h3-15H2,1-2H3,(H2,19,20,21);1H. The first-order valence-corrected chi connectivity index (χ1v) is 10.6. The van der Waals surface area contributed by atoms with Crippen LogP contribution in [0.5, 0.6) is 0 Å². The van der Waals surface area contributed by atoms with Gasteiger partial charge in [0.15, 0.2) is 5.96 Å². The largest absolute Gasteiger partial charge is 0.357 e. The molecule has 2 fully saturated rings. The second-order valence-electron chi connectivity index (χ2n) is 7.07. The van der Waals surface area contributed by atoms with Crippen LogP contribution in [0.1, 0.15) is 58.8 Å². The number of carbonyl (C=O) groups is 1. The molecule has 0 aliphatic carbocycles. The third-order valence-electron chi connectivity index (χ3n) is 4.78. The number of rotatable bonds is 7. The lowest BCUT2D eigenvalue weighted by Gasteiger charge is -2.22. The van der Waals surface area contributed by atoms with E-state index in [1.807, 2.05) is 16.7 Å². The summed E-state index contributed by atoms with van der Waals surface area (Å²) >= 11 is 2.05. The van der Waals surface area contributed by atoms with Gasteiger partial charge in [0.25, 0.3) is 0 Å². The zero-order chi connectivity index (χ0) is 17.3. The van der Waals surface area contributed by atoms with Crippen molar-refractivity contribution in [1.29, 1.82) is 0 Å². The highest BCUT2D eigenvalue weighted by atomic mass is 127. The van der Waals surface area contributed by atoms with Gasteiger partial charge >= 0.3 is 0 Å². The van der Waals surface area contributed by atoms with Crippen LogP contribution in [0.15, 0.2) is 4.99 Å². The van der Waals surface area contributed by atoms with E-state index in [-0.39, 0.29) is 24.0 Å². The molecule has 2 saturated heterocycles. The van der Waals surface area contributed by atoms with Gasteiger partial charge in [-0.25, -0.2) is 0 Å². The molecule has 2 aliphatic heterocycles. The molecule has 2 N–H and O–H groups in total. The Morgan fingerprint density at radius 3 is 2.84 bits per heavy atom. The fourth-order valence-corrected chi connectivity index (χ4v) is 4.53. The van der Waals surface area contributed by atoms with Crippen LogP contribution >= 0.6 is 35.7 Å². The highest BCUT2D eigenvalue weighted by Gasteiger charge is 2.29. The number of nitrogens with zero attached hydrogens (tertiary/aromatic N) is 2. The molecule has 0 saturated carbocycles. The van der Waals surface area contributed by atoms with Crippen molar-refractivity contribution in [3.05, 3.63) is 0 Å². The predicted octanol–water partition coefficient (Wildman–Crippen LogP) is 3.24. The SMILES string of the molecule is CCNC(=NCC1(C)CCCS1)NCCCN1CCCCCC1=O.I. The van der Waals surface area contributed by atoms with Crippen LogP contribution in [-0.2, 0) is 4.79 Å². The molecule has 2 rings (SSSR count). The van der Waals surface area contributed by atoms with Crippen LogP contribution in [0.2, 0.25) is 0 Å². The summed E-state index contributed by atoms with van der Waals surface area (Å²) in [5.41, 5.74) is 0. The van der Waals surface area contributed by atoms with Gasteiger partial charge in [0.2, 0.25) is 5.91 Å². The predicted molar refractivity (Wildman–Crippen MR) is 119 cm³/mol. The minimum absolute atomic E-state index is 0. The Bertz CT molecular complexity index is 427. The molecule has 2 aliphatic rings. The zero-order valence-electron chi connectivity index (χ0n) is 15.8. The van der Waals surface area contributed by atoms with Crippen molar-refractivity contribution in [3.8, 4) is 0 Å². The molecule has 0 aromatic heterocycles. The van der Waals surface area contributed by atoms with Crippen molar-refractivity contribution >= 4 is 47.6 Å². The fourth-order valence-electron chi connectivity index (χ4n) is 3.30. The molecule has 1 amide bonds. The summed E-state index contributed by atoms with van der Waals surface area (Å²) < 4.78 is 0.306. The molecule has 2 heterocycles. The number of guanidine groups is 1. The van der Waals surface area contributed by atoms with Crippen molar-refractivity contribution in [2.24, 2.45) is 4.99 Å². The monoisotopic (exact) mass is 482 g/mol. The van der Waals surface area contributed by atoms with Crippen LogP contribution in [0, 0.1) is 0 Å². The molecule has 25 heavy (non-hydrogen) atoms. The van der Waals surface area contributed by atoms with Gasteiger partial charge in [-0.2, -0.15) is 11.8 Å².